The van der Waals surface area contributed by atoms with Crippen LogP contribution in [0, 0.1) is 17.2 Å². The molecule has 1 N–H and O–H groups in total. The highest BCUT2D eigenvalue weighted by atomic mass is 16.6. The van der Waals surface area contributed by atoms with Crippen LogP contribution in [0.5, 0.6) is 0 Å². The molecule has 4 rings (SSSR count). The second kappa shape index (κ2) is 7.26. The Kier molecular flexibility index (Phi) is 4.73. The van der Waals surface area contributed by atoms with Crippen LogP contribution in [0.1, 0.15) is 37.8 Å². The van der Waals surface area contributed by atoms with Crippen LogP contribution in [0.2, 0.25) is 0 Å². The van der Waals surface area contributed by atoms with Crippen molar-refractivity contribution in [3.63, 3.8) is 0 Å². The number of nitrogens with zero attached hydrogens (tertiary/aromatic N) is 6. The average Bonchev–Trinajstić information content (AvgIpc) is 3.34. The number of nitriles is 1. The van der Waals surface area contributed by atoms with E-state index in [1.165, 1.54) is 4.90 Å². The normalized spacial score (nSPS) is 18.4. The van der Waals surface area contributed by atoms with Crippen molar-refractivity contribution in [3.8, 4) is 6.07 Å². The molecule has 0 aliphatic carbocycles. The van der Waals surface area contributed by atoms with Crippen molar-refractivity contribution >= 4 is 28.7 Å². The highest BCUT2D eigenvalue weighted by molar-refractivity contribution is 5.97. The summed E-state index contributed by atoms with van der Waals surface area (Å²) in [6.45, 7) is 5.53. The number of benzene rings is 1. The third-order valence-corrected chi connectivity index (χ3v) is 4.83. The number of aromatic amines is 1. The van der Waals surface area contributed by atoms with Gasteiger partial charge in [0.1, 0.15) is 16.6 Å². The highest BCUT2D eigenvalue weighted by Gasteiger charge is 2.38. The Morgan fingerprint density at radius 3 is 2.87 bits per heavy atom. The summed E-state index contributed by atoms with van der Waals surface area (Å²) in [6.07, 6.45) is 1.17. The van der Waals surface area contributed by atoms with Crippen LogP contribution in [0.15, 0.2) is 34.0 Å². The maximum Gasteiger partial charge on any atom is 0.410 e. The molecule has 3 heterocycles. The average molecular weight is 407 g/mol. The lowest BCUT2D eigenvalue weighted by atomic mass is 9.77. The number of hydrogen-bond acceptors (Lipinski definition) is 8. The summed E-state index contributed by atoms with van der Waals surface area (Å²) in [7, 11) is 1.62. The Morgan fingerprint density at radius 2 is 2.13 bits per heavy atom. The molecule has 0 saturated heterocycles. The van der Waals surface area contributed by atoms with E-state index in [9.17, 15) is 10.1 Å². The topological polar surface area (TPSA) is 133 Å². The molecule has 0 spiro atoms. The predicted molar refractivity (Wildman–Crippen MR) is 107 cm³/mol. The van der Waals surface area contributed by atoms with E-state index < -0.39 is 17.6 Å². The largest absolute Gasteiger partial charge is 0.444 e. The quantitative estimate of drug-likeness (QED) is 0.705. The lowest BCUT2D eigenvalue weighted by molar-refractivity contribution is 0.0322. The van der Waals surface area contributed by atoms with Gasteiger partial charge in [0, 0.05) is 18.5 Å². The number of aliphatic imine (C=N–C) groups is 1. The van der Waals surface area contributed by atoms with Gasteiger partial charge < -0.3 is 9.64 Å². The van der Waals surface area contributed by atoms with E-state index in [0.717, 1.165) is 11.1 Å². The fourth-order valence-corrected chi connectivity index (χ4v) is 3.55. The number of H-pyrrole nitrogens is 1. The van der Waals surface area contributed by atoms with Crippen molar-refractivity contribution in [2.75, 3.05) is 13.6 Å². The zero-order valence-corrected chi connectivity index (χ0v) is 17.1. The van der Waals surface area contributed by atoms with E-state index in [0.29, 0.717) is 22.6 Å². The van der Waals surface area contributed by atoms with Gasteiger partial charge in [-0.3, -0.25) is 5.10 Å². The number of nitrogens with one attached hydrogen (secondary N) is 1. The fourth-order valence-electron chi connectivity index (χ4n) is 3.55. The van der Waals surface area contributed by atoms with Gasteiger partial charge in [-0.15, -0.1) is 0 Å². The third-order valence-electron chi connectivity index (χ3n) is 4.83. The van der Waals surface area contributed by atoms with Crippen LogP contribution < -0.4 is 0 Å². The summed E-state index contributed by atoms with van der Waals surface area (Å²) in [5, 5.41) is 25.0. The molecule has 0 radical (unpaired) electrons. The first kappa shape index (κ1) is 19.6. The molecular formula is C20H21N7O3. The number of amides is 1. The van der Waals surface area contributed by atoms with Crippen molar-refractivity contribution in [2.45, 2.75) is 32.3 Å². The third kappa shape index (κ3) is 3.50. The molecule has 2 atom stereocenters. The first-order chi connectivity index (χ1) is 14.3. The number of carbonyl (C=O) groups excluding carboxylic acids is 1. The van der Waals surface area contributed by atoms with E-state index in [1.54, 1.807) is 40.1 Å². The number of aromatic nitrogens is 4. The molecule has 1 amide bonds. The fraction of sp³-hybridized carbons (Fsp3) is 0.400. The Morgan fingerprint density at radius 1 is 1.33 bits per heavy atom. The summed E-state index contributed by atoms with van der Waals surface area (Å²) in [6, 6.07) is 7.87. The standard InChI is InChI=1S/C20H21N7O3/c1-20(2,3)29-19(28)27(4)10-15-12(8-21)16(13-9-22-24-18(13)23-15)11-6-5-7-14-17(11)26-30-25-14/h5-7,9,12,16H,10H2,1-4H3,(H,22,24). The van der Waals surface area contributed by atoms with Crippen molar-refractivity contribution in [2.24, 2.45) is 10.9 Å². The lowest BCUT2D eigenvalue weighted by Gasteiger charge is -2.30. The maximum absolute atomic E-state index is 12.4. The van der Waals surface area contributed by atoms with Gasteiger partial charge in [-0.05, 0) is 42.7 Å². The van der Waals surface area contributed by atoms with E-state index >= 15 is 0 Å². The van der Waals surface area contributed by atoms with Gasteiger partial charge in [-0.25, -0.2) is 14.4 Å². The van der Waals surface area contributed by atoms with Crippen molar-refractivity contribution < 1.29 is 14.2 Å². The SMILES string of the molecule is CN(CC1=Nc2[nH]ncc2C(c2cccc3nonc23)C1C#N)C(=O)OC(C)(C)C. The molecule has 10 heteroatoms. The Balaban J connectivity index is 1.73. The van der Waals surface area contributed by atoms with Gasteiger partial charge in [0.15, 0.2) is 5.82 Å². The summed E-state index contributed by atoms with van der Waals surface area (Å²) < 4.78 is 10.3. The first-order valence-electron chi connectivity index (χ1n) is 9.44. The molecule has 3 aromatic rings. The van der Waals surface area contributed by atoms with Crippen molar-refractivity contribution in [1.29, 1.82) is 5.26 Å². The molecular weight excluding hydrogens is 386 g/mol. The van der Waals surface area contributed by atoms with Gasteiger partial charge in [0.25, 0.3) is 0 Å². The number of hydrogen-bond donors (Lipinski definition) is 1. The molecule has 1 aromatic carbocycles. The molecule has 154 valence electrons. The van der Waals surface area contributed by atoms with Crippen LogP contribution in [0.4, 0.5) is 10.6 Å². The van der Waals surface area contributed by atoms with E-state index in [2.05, 4.69) is 31.6 Å². The van der Waals surface area contributed by atoms with Crippen molar-refractivity contribution in [1.82, 2.24) is 25.4 Å². The zero-order valence-electron chi connectivity index (χ0n) is 17.1. The van der Waals surface area contributed by atoms with Crippen LogP contribution >= 0.6 is 0 Å². The minimum absolute atomic E-state index is 0.134. The molecule has 0 saturated carbocycles. The van der Waals surface area contributed by atoms with Crippen molar-refractivity contribution in [3.05, 3.63) is 35.5 Å². The number of fused-ring (bicyclic) bond motifs is 2. The van der Waals surface area contributed by atoms with Gasteiger partial charge >= 0.3 is 6.09 Å². The number of rotatable bonds is 3. The Bertz CT molecular complexity index is 1160. The minimum atomic E-state index is -0.637. The van der Waals surface area contributed by atoms with Crippen LogP contribution in [0.3, 0.4) is 0 Å². The molecule has 2 unspecified atom stereocenters. The van der Waals surface area contributed by atoms with E-state index in [4.69, 9.17) is 9.37 Å². The van der Waals surface area contributed by atoms with E-state index in [1.807, 2.05) is 12.1 Å². The molecule has 30 heavy (non-hydrogen) atoms. The summed E-state index contributed by atoms with van der Waals surface area (Å²) in [5.74, 6) is -0.478. The smallest absolute Gasteiger partial charge is 0.410 e. The number of ether oxygens (including phenoxy) is 1. The van der Waals surface area contributed by atoms with Gasteiger partial charge in [0.2, 0.25) is 0 Å². The van der Waals surface area contributed by atoms with Gasteiger partial charge in [0.05, 0.1) is 30.4 Å². The summed E-state index contributed by atoms with van der Waals surface area (Å²) in [4.78, 5) is 18.4. The molecule has 1 aliphatic rings. The number of carbonyl (C=O) groups is 1. The van der Waals surface area contributed by atoms with Crippen LogP contribution in [0.25, 0.3) is 11.0 Å². The van der Waals surface area contributed by atoms with Crippen LogP contribution in [-0.2, 0) is 4.74 Å². The lowest BCUT2D eigenvalue weighted by Crippen LogP contribution is -2.40. The zero-order chi connectivity index (χ0) is 21.5. The molecule has 0 bridgehead atoms. The highest BCUT2D eigenvalue weighted by Crippen LogP contribution is 2.42. The Labute approximate surface area is 172 Å². The molecule has 1 aliphatic heterocycles. The maximum atomic E-state index is 12.4. The Hall–Kier alpha value is -3.74. The predicted octanol–water partition coefficient (Wildman–Crippen LogP) is 3.17. The minimum Gasteiger partial charge on any atom is -0.444 e. The summed E-state index contributed by atoms with van der Waals surface area (Å²) in [5.41, 5.74) is 2.65. The second-order valence-electron chi connectivity index (χ2n) is 8.18. The van der Waals surface area contributed by atoms with Crippen LogP contribution in [-0.4, -0.2) is 56.4 Å². The monoisotopic (exact) mass is 407 g/mol. The summed E-state index contributed by atoms with van der Waals surface area (Å²) >= 11 is 0. The molecule has 10 nitrogen and oxygen atoms in total. The van der Waals surface area contributed by atoms with Gasteiger partial charge in [-0.2, -0.15) is 10.4 Å². The molecule has 0 fully saturated rings. The second-order valence-corrected chi connectivity index (χ2v) is 8.18. The molecule has 2 aromatic heterocycles. The van der Waals surface area contributed by atoms with Gasteiger partial charge in [-0.1, -0.05) is 12.1 Å². The van der Waals surface area contributed by atoms with E-state index in [-0.39, 0.29) is 12.5 Å². The first-order valence-corrected chi connectivity index (χ1v) is 9.44.